The van der Waals surface area contributed by atoms with Crippen LogP contribution in [-0.2, 0) is 4.74 Å². The van der Waals surface area contributed by atoms with Crippen LogP contribution in [0.5, 0.6) is 0 Å². The van der Waals surface area contributed by atoms with Crippen LogP contribution in [0.1, 0.15) is 54.4 Å². The Morgan fingerprint density at radius 2 is 1.47 bits per heavy atom. The van der Waals surface area contributed by atoms with Gasteiger partial charge >= 0.3 is 0 Å². The minimum Gasteiger partial charge on any atom is -0.372 e. The van der Waals surface area contributed by atoms with Gasteiger partial charge in [0.15, 0.2) is 0 Å². The Hall–Kier alpha value is -0.0800. The average Bonchev–Trinajstić information content (AvgIpc) is 2.13. The maximum Gasteiger partial charge on any atom is 0.0659 e. The highest BCUT2D eigenvalue weighted by Crippen LogP contribution is 2.36. The van der Waals surface area contributed by atoms with E-state index in [2.05, 4.69) is 53.5 Å². The predicted octanol–water partition coefficient (Wildman–Crippen LogP) is 3.56. The van der Waals surface area contributed by atoms with Gasteiger partial charge in [-0.15, -0.1) is 0 Å². The number of likely N-dealkylation sites (tertiary alicyclic amines) is 1. The van der Waals surface area contributed by atoms with E-state index in [0.717, 1.165) is 0 Å². The number of nitrogens with zero attached hydrogens (tertiary/aromatic N) is 1. The normalized spacial score (nSPS) is 22.8. The molecular formula is C15H31NO. The van der Waals surface area contributed by atoms with Gasteiger partial charge in [-0.2, -0.15) is 0 Å². The number of piperidine rings is 1. The van der Waals surface area contributed by atoms with Gasteiger partial charge < -0.3 is 9.64 Å². The van der Waals surface area contributed by atoms with Crippen molar-refractivity contribution in [1.82, 2.24) is 4.90 Å². The first-order chi connectivity index (χ1) is 7.59. The van der Waals surface area contributed by atoms with Gasteiger partial charge in [0.25, 0.3) is 0 Å². The maximum atomic E-state index is 6.36. The van der Waals surface area contributed by atoms with Crippen molar-refractivity contribution in [2.45, 2.75) is 66.1 Å². The molecule has 0 aromatic carbocycles. The van der Waals surface area contributed by atoms with Crippen LogP contribution in [0.15, 0.2) is 0 Å². The van der Waals surface area contributed by atoms with Crippen molar-refractivity contribution < 1.29 is 4.74 Å². The summed E-state index contributed by atoms with van der Waals surface area (Å²) < 4.78 is 6.36. The number of hydrogen-bond donors (Lipinski definition) is 0. The molecule has 0 amide bonds. The molecule has 1 saturated heterocycles. The van der Waals surface area contributed by atoms with Gasteiger partial charge in [0.2, 0.25) is 0 Å². The molecule has 0 bridgehead atoms. The highest BCUT2D eigenvalue weighted by atomic mass is 16.5. The van der Waals surface area contributed by atoms with Crippen molar-refractivity contribution in [3.8, 4) is 0 Å². The third kappa shape index (κ3) is 4.97. The smallest absolute Gasteiger partial charge is 0.0659 e. The third-order valence-electron chi connectivity index (χ3n) is 3.53. The van der Waals surface area contributed by atoms with Gasteiger partial charge in [0.1, 0.15) is 0 Å². The predicted molar refractivity (Wildman–Crippen MR) is 74.3 cm³/mol. The van der Waals surface area contributed by atoms with Crippen LogP contribution < -0.4 is 0 Å². The van der Waals surface area contributed by atoms with E-state index in [-0.39, 0.29) is 11.0 Å². The van der Waals surface area contributed by atoms with E-state index < -0.39 is 0 Å². The topological polar surface area (TPSA) is 12.5 Å². The zero-order chi connectivity index (χ0) is 13.3. The van der Waals surface area contributed by atoms with Crippen LogP contribution in [-0.4, -0.2) is 36.7 Å². The second-order valence-electron chi connectivity index (χ2n) is 7.66. The number of hydrogen-bond acceptors (Lipinski definition) is 2. The van der Waals surface area contributed by atoms with Crippen LogP contribution in [0.3, 0.4) is 0 Å². The summed E-state index contributed by atoms with van der Waals surface area (Å²) in [4.78, 5) is 2.42. The summed E-state index contributed by atoms with van der Waals surface area (Å²) in [5.41, 5.74) is 0.190. The summed E-state index contributed by atoms with van der Waals surface area (Å²) in [6.07, 6.45) is 2.92. The fraction of sp³-hybridized carbons (Fsp3) is 1.00. The van der Waals surface area contributed by atoms with E-state index in [1.165, 1.54) is 25.9 Å². The molecule has 0 spiro atoms. The Morgan fingerprint density at radius 3 is 1.82 bits per heavy atom. The zero-order valence-corrected chi connectivity index (χ0v) is 12.8. The second-order valence-corrected chi connectivity index (χ2v) is 7.66. The standard InChI is InChI=1S/C15H31NO/c1-14(2,3)13(17-15(4,5)6)12-8-10-16(7)11-9-12/h12-13H,8-11H2,1-7H3. The molecule has 0 aliphatic carbocycles. The Bertz CT molecular complexity index is 228. The van der Waals surface area contributed by atoms with E-state index >= 15 is 0 Å². The number of ether oxygens (including phenoxy) is 1. The first-order valence-corrected chi connectivity index (χ1v) is 6.96. The van der Waals surface area contributed by atoms with E-state index in [4.69, 9.17) is 4.74 Å². The Balaban J connectivity index is 2.70. The van der Waals surface area contributed by atoms with E-state index in [9.17, 15) is 0 Å². The van der Waals surface area contributed by atoms with E-state index in [1.807, 2.05) is 0 Å². The molecule has 17 heavy (non-hydrogen) atoms. The summed E-state index contributed by atoms with van der Waals surface area (Å²) in [7, 11) is 2.22. The summed E-state index contributed by atoms with van der Waals surface area (Å²) in [5, 5.41) is 0. The van der Waals surface area contributed by atoms with Gasteiger partial charge in [-0.05, 0) is 65.1 Å². The molecule has 1 unspecified atom stereocenters. The van der Waals surface area contributed by atoms with E-state index in [0.29, 0.717) is 12.0 Å². The molecule has 2 nitrogen and oxygen atoms in total. The Labute approximate surface area is 108 Å². The first kappa shape index (κ1) is 15.0. The number of rotatable bonds is 2. The monoisotopic (exact) mass is 241 g/mol. The second kappa shape index (κ2) is 5.27. The minimum absolute atomic E-state index is 0.0404. The summed E-state index contributed by atoms with van der Waals surface area (Å²) in [5.74, 6) is 0.713. The lowest BCUT2D eigenvalue weighted by Crippen LogP contribution is -2.45. The first-order valence-electron chi connectivity index (χ1n) is 6.96. The van der Waals surface area contributed by atoms with E-state index in [1.54, 1.807) is 0 Å². The lowest BCUT2D eigenvalue weighted by Gasteiger charge is -2.43. The van der Waals surface area contributed by atoms with Crippen LogP contribution in [0.25, 0.3) is 0 Å². The molecule has 2 heteroatoms. The SMILES string of the molecule is CN1CCC(C(OC(C)(C)C)C(C)(C)C)CC1. The molecular weight excluding hydrogens is 210 g/mol. The van der Waals surface area contributed by atoms with Gasteiger partial charge in [0, 0.05) is 0 Å². The van der Waals surface area contributed by atoms with Gasteiger partial charge in [-0.1, -0.05) is 20.8 Å². The lowest BCUT2D eigenvalue weighted by atomic mass is 9.77. The molecule has 1 aliphatic heterocycles. The quantitative estimate of drug-likeness (QED) is 0.733. The molecule has 1 aliphatic rings. The summed E-state index contributed by atoms with van der Waals surface area (Å²) >= 11 is 0. The minimum atomic E-state index is -0.0404. The molecule has 0 N–H and O–H groups in total. The molecule has 1 heterocycles. The third-order valence-corrected chi connectivity index (χ3v) is 3.53. The molecule has 1 rings (SSSR count). The lowest BCUT2D eigenvalue weighted by molar-refractivity contribution is -0.138. The molecule has 0 aromatic heterocycles. The van der Waals surface area contributed by atoms with Crippen molar-refractivity contribution in [1.29, 1.82) is 0 Å². The van der Waals surface area contributed by atoms with Gasteiger partial charge in [-0.25, -0.2) is 0 Å². The average molecular weight is 241 g/mol. The molecule has 1 atom stereocenters. The van der Waals surface area contributed by atoms with Crippen molar-refractivity contribution in [2.75, 3.05) is 20.1 Å². The molecule has 0 aromatic rings. The zero-order valence-electron chi connectivity index (χ0n) is 12.8. The maximum absolute atomic E-state index is 6.36. The van der Waals surface area contributed by atoms with Crippen LogP contribution in [0.2, 0.25) is 0 Å². The van der Waals surface area contributed by atoms with Gasteiger partial charge in [-0.3, -0.25) is 0 Å². The van der Waals surface area contributed by atoms with Gasteiger partial charge in [0.05, 0.1) is 11.7 Å². The van der Waals surface area contributed by atoms with Crippen LogP contribution in [0, 0.1) is 11.3 Å². The fourth-order valence-electron chi connectivity index (χ4n) is 2.69. The highest BCUT2D eigenvalue weighted by molar-refractivity contribution is 4.86. The van der Waals surface area contributed by atoms with Crippen molar-refractivity contribution in [3.05, 3.63) is 0 Å². The molecule has 0 saturated carbocycles. The molecule has 1 fully saturated rings. The molecule has 102 valence electrons. The summed E-state index contributed by atoms with van der Waals surface area (Å²) in [6.45, 7) is 15.8. The van der Waals surface area contributed by atoms with Crippen molar-refractivity contribution in [2.24, 2.45) is 11.3 Å². The fourth-order valence-corrected chi connectivity index (χ4v) is 2.69. The van der Waals surface area contributed by atoms with Crippen LogP contribution >= 0.6 is 0 Å². The van der Waals surface area contributed by atoms with Crippen molar-refractivity contribution in [3.63, 3.8) is 0 Å². The van der Waals surface area contributed by atoms with Crippen molar-refractivity contribution >= 4 is 0 Å². The van der Waals surface area contributed by atoms with Crippen LogP contribution in [0.4, 0.5) is 0 Å². The Morgan fingerprint density at radius 1 is 1.00 bits per heavy atom. The Kier molecular flexibility index (Phi) is 4.65. The largest absolute Gasteiger partial charge is 0.372 e. The molecule has 0 radical (unpaired) electrons. The highest BCUT2D eigenvalue weighted by Gasteiger charge is 2.37. The summed E-state index contributed by atoms with van der Waals surface area (Å²) in [6, 6.07) is 0.